The molecule has 0 aliphatic carbocycles. The number of halogens is 1. The van der Waals surface area contributed by atoms with Crippen LogP contribution >= 0.6 is 11.6 Å². The Labute approximate surface area is 126 Å². The van der Waals surface area contributed by atoms with Gasteiger partial charge in [-0.3, -0.25) is 0 Å². The van der Waals surface area contributed by atoms with Gasteiger partial charge in [0.2, 0.25) is 0 Å². The minimum Gasteiger partial charge on any atom is -0.491 e. The molecule has 1 aliphatic heterocycles. The molecule has 1 aliphatic rings. The third-order valence-corrected chi connectivity index (χ3v) is 3.47. The maximum Gasteiger partial charge on any atom is 0.357 e. The first-order chi connectivity index (χ1) is 10.2. The molecule has 108 valence electrons. The molecule has 3 rings (SSSR count). The van der Waals surface area contributed by atoms with Crippen LogP contribution in [0.25, 0.3) is 11.3 Å². The van der Waals surface area contributed by atoms with Gasteiger partial charge in [0.05, 0.1) is 23.9 Å². The van der Waals surface area contributed by atoms with Crippen molar-refractivity contribution in [3.05, 3.63) is 40.8 Å². The second kappa shape index (κ2) is 5.69. The number of hydrogen-bond acceptors (Lipinski definition) is 5. The summed E-state index contributed by atoms with van der Waals surface area (Å²) in [4.78, 5) is 19.9. The monoisotopic (exact) mass is 304 g/mol. The zero-order valence-electron chi connectivity index (χ0n) is 11.4. The largest absolute Gasteiger partial charge is 0.491 e. The van der Waals surface area contributed by atoms with Crippen LogP contribution < -0.4 is 4.74 Å². The lowest BCUT2D eigenvalue weighted by Gasteiger charge is -2.07. The fraction of sp³-hybridized carbons (Fsp3) is 0.267. The molecule has 6 heteroatoms. The Morgan fingerprint density at radius 2 is 2.24 bits per heavy atom. The number of esters is 1. The first kappa shape index (κ1) is 13.8. The third kappa shape index (κ3) is 2.69. The van der Waals surface area contributed by atoms with E-state index >= 15 is 0 Å². The average molecular weight is 305 g/mol. The van der Waals surface area contributed by atoms with Gasteiger partial charge in [0.1, 0.15) is 12.1 Å². The first-order valence-electron chi connectivity index (χ1n) is 6.64. The predicted octanol–water partition coefficient (Wildman–Crippen LogP) is 2.91. The molecule has 0 radical (unpaired) electrons. The fourth-order valence-electron chi connectivity index (χ4n) is 2.24. The lowest BCUT2D eigenvalue weighted by molar-refractivity contribution is 0.0519. The van der Waals surface area contributed by atoms with Gasteiger partial charge < -0.3 is 9.47 Å². The number of nitrogens with zero attached hydrogens (tertiary/aromatic N) is 2. The smallest absolute Gasteiger partial charge is 0.357 e. The number of benzene rings is 1. The zero-order chi connectivity index (χ0) is 14.8. The first-order valence-corrected chi connectivity index (χ1v) is 7.01. The molecule has 0 fully saturated rings. The number of hydrogen-bond donors (Lipinski definition) is 0. The van der Waals surface area contributed by atoms with Crippen LogP contribution in [0.5, 0.6) is 5.75 Å². The molecule has 0 spiro atoms. The van der Waals surface area contributed by atoms with E-state index in [4.69, 9.17) is 21.1 Å². The Balaban J connectivity index is 1.99. The van der Waals surface area contributed by atoms with Crippen molar-refractivity contribution < 1.29 is 14.3 Å². The quantitative estimate of drug-likeness (QED) is 0.816. The van der Waals surface area contributed by atoms with E-state index in [-0.39, 0.29) is 5.69 Å². The molecule has 0 saturated carbocycles. The summed E-state index contributed by atoms with van der Waals surface area (Å²) in [5.41, 5.74) is 2.74. The summed E-state index contributed by atoms with van der Waals surface area (Å²) in [5, 5.41) is 0.552. The molecule has 21 heavy (non-hydrogen) atoms. The van der Waals surface area contributed by atoms with Gasteiger partial charge in [0.15, 0.2) is 5.69 Å². The molecule has 2 heterocycles. The number of aromatic nitrogens is 2. The highest BCUT2D eigenvalue weighted by molar-refractivity contribution is 6.32. The van der Waals surface area contributed by atoms with Crippen LogP contribution in [-0.2, 0) is 11.2 Å². The van der Waals surface area contributed by atoms with E-state index in [1.165, 1.54) is 6.33 Å². The fourth-order valence-corrected chi connectivity index (χ4v) is 2.53. The van der Waals surface area contributed by atoms with Gasteiger partial charge in [0, 0.05) is 12.0 Å². The van der Waals surface area contributed by atoms with Crippen molar-refractivity contribution in [3.8, 4) is 17.0 Å². The number of carbonyl (C=O) groups is 1. The number of ether oxygens (including phenoxy) is 2. The molecule has 5 nitrogen and oxygen atoms in total. The Morgan fingerprint density at radius 3 is 3.05 bits per heavy atom. The van der Waals surface area contributed by atoms with E-state index < -0.39 is 5.97 Å². The van der Waals surface area contributed by atoms with Gasteiger partial charge in [-0.1, -0.05) is 11.6 Å². The van der Waals surface area contributed by atoms with Crippen molar-refractivity contribution >= 4 is 17.6 Å². The highest BCUT2D eigenvalue weighted by atomic mass is 35.5. The highest BCUT2D eigenvalue weighted by Crippen LogP contribution is 2.37. The topological polar surface area (TPSA) is 61.3 Å². The van der Waals surface area contributed by atoms with Crippen molar-refractivity contribution in [1.29, 1.82) is 0 Å². The number of fused-ring (bicyclic) bond motifs is 1. The van der Waals surface area contributed by atoms with Crippen molar-refractivity contribution in [2.45, 2.75) is 13.3 Å². The second-order valence-corrected chi connectivity index (χ2v) is 4.96. The van der Waals surface area contributed by atoms with Gasteiger partial charge in [-0.15, -0.1) is 0 Å². The van der Waals surface area contributed by atoms with Crippen LogP contribution in [0.3, 0.4) is 0 Å². The summed E-state index contributed by atoms with van der Waals surface area (Å²) in [7, 11) is 0. The minimum atomic E-state index is -0.461. The summed E-state index contributed by atoms with van der Waals surface area (Å²) in [5.74, 6) is 0.275. The standard InChI is InChI=1S/C15H13ClN2O3/c1-2-20-15(19)13-7-12(17-8-18-13)10-5-9-3-4-21-14(9)11(16)6-10/h5-8H,2-4H2,1H3. The van der Waals surface area contributed by atoms with Gasteiger partial charge >= 0.3 is 5.97 Å². The second-order valence-electron chi connectivity index (χ2n) is 4.55. The van der Waals surface area contributed by atoms with Gasteiger partial charge in [-0.25, -0.2) is 14.8 Å². The van der Waals surface area contributed by atoms with Crippen LogP contribution in [0.15, 0.2) is 24.5 Å². The SMILES string of the molecule is CCOC(=O)c1cc(-c2cc(Cl)c3c(c2)CCO3)ncn1. The molecule has 0 atom stereocenters. The molecule has 0 unspecified atom stereocenters. The Kier molecular flexibility index (Phi) is 3.75. The average Bonchev–Trinajstić information content (AvgIpc) is 2.96. The van der Waals surface area contributed by atoms with Crippen molar-refractivity contribution in [2.24, 2.45) is 0 Å². The Bertz CT molecular complexity index is 703. The zero-order valence-corrected chi connectivity index (χ0v) is 12.2. The molecule has 0 amide bonds. The van der Waals surface area contributed by atoms with E-state index in [1.54, 1.807) is 19.1 Å². The predicted molar refractivity (Wildman–Crippen MR) is 77.6 cm³/mol. The van der Waals surface area contributed by atoms with Gasteiger partial charge in [0.25, 0.3) is 0 Å². The summed E-state index contributed by atoms with van der Waals surface area (Å²) in [6, 6.07) is 5.36. The Hall–Kier alpha value is -2.14. The summed E-state index contributed by atoms with van der Waals surface area (Å²) in [6.07, 6.45) is 2.16. The molecular formula is C15H13ClN2O3. The lowest BCUT2D eigenvalue weighted by atomic mass is 10.1. The van der Waals surface area contributed by atoms with E-state index in [2.05, 4.69) is 9.97 Å². The molecule has 2 aromatic rings. The minimum absolute atomic E-state index is 0.231. The molecule has 1 aromatic carbocycles. The van der Waals surface area contributed by atoms with E-state index in [0.29, 0.717) is 23.9 Å². The van der Waals surface area contributed by atoms with Crippen LogP contribution in [-0.4, -0.2) is 29.2 Å². The maximum atomic E-state index is 11.7. The van der Waals surface area contributed by atoms with Gasteiger partial charge in [-0.05, 0) is 30.7 Å². The number of carbonyl (C=O) groups excluding carboxylic acids is 1. The lowest BCUT2D eigenvalue weighted by Crippen LogP contribution is -2.07. The van der Waals surface area contributed by atoms with E-state index in [0.717, 1.165) is 23.3 Å². The normalized spacial score (nSPS) is 12.7. The van der Waals surface area contributed by atoms with E-state index in [1.807, 2.05) is 6.07 Å². The van der Waals surface area contributed by atoms with Crippen molar-refractivity contribution in [2.75, 3.05) is 13.2 Å². The van der Waals surface area contributed by atoms with Crippen molar-refractivity contribution in [3.63, 3.8) is 0 Å². The van der Waals surface area contributed by atoms with E-state index in [9.17, 15) is 4.79 Å². The molecule has 0 saturated heterocycles. The number of rotatable bonds is 3. The van der Waals surface area contributed by atoms with Gasteiger partial charge in [-0.2, -0.15) is 0 Å². The Morgan fingerprint density at radius 1 is 1.38 bits per heavy atom. The summed E-state index contributed by atoms with van der Waals surface area (Å²) in [6.45, 7) is 2.69. The molecule has 0 bridgehead atoms. The van der Waals surface area contributed by atoms with Crippen LogP contribution in [0.4, 0.5) is 0 Å². The summed E-state index contributed by atoms with van der Waals surface area (Å²) < 4.78 is 10.4. The summed E-state index contributed by atoms with van der Waals surface area (Å²) >= 11 is 6.22. The van der Waals surface area contributed by atoms with Crippen molar-refractivity contribution in [1.82, 2.24) is 9.97 Å². The third-order valence-electron chi connectivity index (χ3n) is 3.19. The van der Waals surface area contributed by atoms with Crippen LogP contribution in [0.2, 0.25) is 5.02 Å². The maximum absolute atomic E-state index is 11.7. The van der Waals surface area contributed by atoms with Crippen LogP contribution in [0, 0.1) is 0 Å². The molecule has 0 N–H and O–H groups in total. The molecule has 1 aromatic heterocycles. The van der Waals surface area contributed by atoms with Crippen LogP contribution in [0.1, 0.15) is 23.0 Å². The molecular weight excluding hydrogens is 292 g/mol. The highest BCUT2D eigenvalue weighted by Gasteiger charge is 2.18.